The molecule has 1 aliphatic rings. The lowest BCUT2D eigenvalue weighted by atomic mass is 10.3. The number of anilines is 1. The maximum absolute atomic E-state index is 11.8. The summed E-state index contributed by atoms with van der Waals surface area (Å²) in [6.07, 6.45) is 0. The van der Waals surface area contributed by atoms with Gasteiger partial charge in [0.1, 0.15) is 0 Å². The number of nitrogens with zero attached hydrogens (tertiary/aromatic N) is 1. The van der Waals surface area contributed by atoms with Crippen LogP contribution in [0.15, 0.2) is 30.3 Å². The lowest BCUT2D eigenvalue weighted by Crippen LogP contribution is -2.49. The van der Waals surface area contributed by atoms with E-state index in [1.807, 2.05) is 6.07 Å². The van der Waals surface area contributed by atoms with Gasteiger partial charge in [-0.2, -0.15) is 0 Å². The molecule has 0 radical (unpaired) electrons. The number of hydrogen-bond acceptors (Lipinski definition) is 4. The Balaban J connectivity index is 2.03. The molecule has 1 aromatic rings. The zero-order valence-electron chi connectivity index (χ0n) is 8.96. The zero-order valence-corrected chi connectivity index (χ0v) is 9.78. The van der Waals surface area contributed by atoms with Gasteiger partial charge in [0, 0.05) is 11.4 Å². The number of carbonyl (C=O) groups excluding carboxylic acids is 2. The van der Waals surface area contributed by atoms with Crippen LogP contribution in [0.25, 0.3) is 0 Å². The Morgan fingerprint density at radius 2 is 2.06 bits per heavy atom. The molecule has 17 heavy (non-hydrogen) atoms. The Hall–Kier alpha value is -1.69. The van der Waals surface area contributed by atoms with Crippen molar-refractivity contribution in [1.82, 2.24) is 4.90 Å². The van der Waals surface area contributed by atoms with E-state index in [2.05, 4.69) is 5.32 Å². The predicted octanol–water partition coefficient (Wildman–Crippen LogP) is 0.343. The molecule has 1 N–H and O–H groups in total. The molecule has 1 heterocycles. The molecule has 1 aromatic carbocycles. The molecule has 2 rings (SSSR count). The van der Waals surface area contributed by atoms with Gasteiger partial charge in [-0.05, 0) is 12.1 Å². The van der Waals surface area contributed by atoms with Gasteiger partial charge in [-0.25, -0.2) is 4.79 Å². The number of rotatable bonds is 2. The van der Waals surface area contributed by atoms with Crippen molar-refractivity contribution in [1.29, 1.82) is 0 Å². The topological polar surface area (TPSA) is 72.5 Å². The number of thioether (sulfide) groups is 1. The minimum Gasteiger partial charge on any atom is -0.548 e. The minimum atomic E-state index is -1.21. The van der Waals surface area contributed by atoms with Gasteiger partial charge in [0.15, 0.2) is 0 Å². The number of amides is 2. The summed E-state index contributed by atoms with van der Waals surface area (Å²) in [6, 6.07) is 7.67. The molecule has 1 fully saturated rings. The van der Waals surface area contributed by atoms with E-state index in [0.717, 1.165) is 0 Å². The smallest absolute Gasteiger partial charge is 0.323 e. The predicted molar refractivity (Wildman–Crippen MR) is 63.4 cm³/mol. The molecule has 1 aliphatic heterocycles. The molecule has 0 unspecified atom stereocenters. The Kier molecular flexibility index (Phi) is 3.53. The molecule has 1 saturated heterocycles. The first-order chi connectivity index (χ1) is 8.18. The average molecular weight is 251 g/mol. The number of carboxylic acid groups (broad SMARTS) is 1. The molecular weight excluding hydrogens is 240 g/mol. The van der Waals surface area contributed by atoms with Crippen molar-refractivity contribution in [2.75, 3.05) is 16.9 Å². The fraction of sp³-hybridized carbons (Fsp3) is 0.273. The van der Waals surface area contributed by atoms with Crippen molar-refractivity contribution in [2.24, 2.45) is 0 Å². The van der Waals surface area contributed by atoms with Crippen LogP contribution in [0.1, 0.15) is 0 Å². The van der Waals surface area contributed by atoms with Crippen LogP contribution in [0.2, 0.25) is 0 Å². The van der Waals surface area contributed by atoms with Crippen LogP contribution in [0, 0.1) is 0 Å². The molecule has 6 heteroatoms. The number of hydrogen-bond donors (Lipinski definition) is 1. The highest BCUT2D eigenvalue weighted by atomic mass is 32.2. The Bertz CT molecular complexity index is 424. The van der Waals surface area contributed by atoms with Crippen LogP contribution in [-0.2, 0) is 4.79 Å². The van der Waals surface area contributed by atoms with Crippen molar-refractivity contribution in [3.05, 3.63) is 30.3 Å². The van der Waals surface area contributed by atoms with Crippen LogP contribution in [0.5, 0.6) is 0 Å². The van der Waals surface area contributed by atoms with Gasteiger partial charge in [-0.1, -0.05) is 18.2 Å². The third kappa shape index (κ3) is 2.71. The van der Waals surface area contributed by atoms with E-state index in [-0.39, 0.29) is 0 Å². The van der Waals surface area contributed by atoms with Gasteiger partial charge in [0.2, 0.25) is 0 Å². The number of urea groups is 1. The number of benzene rings is 1. The van der Waals surface area contributed by atoms with Crippen LogP contribution in [0.4, 0.5) is 10.5 Å². The minimum absolute atomic E-state index is 0.372. The Labute approximate surface area is 103 Å². The molecule has 90 valence electrons. The van der Waals surface area contributed by atoms with E-state index in [9.17, 15) is 14.7 Å². The second-order valence-corrected chi connectivity index (χ2v) is 4.60. The van der Waals surface area contributed by atoms with E-state index in [4.69, 9.17) is 0 Å². The summed E-state index contributed by atoms with van der Waals surface area (Å²) in [6.45, 7) is 0. The molecule has 0 bridgehead atoms. The third-order valence-corrected chi connectivity index (χ3v) is 3.45. The first kappa shape index (κ1) is 11.8. The van der Waals surface area contributed by atoms with Crippen molar-refractivity contribution >= 4 is 29.4 Å². The summed E-state index contributed by atoms with van der Waals surface area (Å²) < 4.78 is 0. The standard InChI is InChI=1S/C11H12N2O3S/c14-10(15)9-6-17-7-13(9)11(16)12-8-4-2-1-3-5-8/h1-5,9H,6-7H2,(H,12,16)(H,14,15)/p-1/t9-/m1/s1. The Morgan fingerprint density at radius 1 is 1.35 bits per heavy atom. The molecule has 2 amide bonds. The highest BCUT2D eigenvalue weighted by Crippen LogP contribution is 2.21. The maximum Gasteiger partial charge on any atom is 0.323 e. The molecule has 0 aliphatic carbocycles. The van der Waals surface area contributed by atoms with Crippen LogP contribution < -0.4 is 10.4 Å². The molecular formula is C11H11N2O3S-. The number of nitrogens with one attached hydrogen (secondary N) is 1. The summed E-state index contributed by atoms with van der Waals surface area (Å²) in [5, 5.41) is 13.5. The second-order valence-electron chi connectivity index (χ2n) is 3.60. The summed E-state index contributed by atoms with van der Waals surface area (Å²) in [4.78, 5) is 23.9. The van der Waals surface area contributed by atoms with Crippen molar-refractivity contribution in [3.63, 3.8) is 0 Å². The quantitative estimate of drug-likeness (QED) is 0.823. The largest absolute Gasteiger partial charge is 0.548 e. The van der Waals surface area contributed by atoms with E-state index in [1.54, 1.807) is 24.3 Å². The third-order valence-electron chi connectivity index (χ3n) is 2.44. The second kappa shape index (κ2) is 5.09. The fourth-order valence-corrected chi connectivity index (χ4v) is 2.69. The number of para-hydroxylation sites is 1. The normalized spacial score (nSPS) is 19.1. The van der Waals surface area contributed by atoms with Gasteiger partial charge in [-0.3, -0.25) is 0 Å². The van der Waals surface area contributed by atoms with Gasteiger partial charge < -0.3 is 20.1 Å². The number of carboxylic acids is 1. The van der Waals surface area contributed by atoms with Gasteiger partial charge >= 0.3 is 6.03 Å². The highest BCUT2D eigenvalue weighted by Gasteiger charge is 2.30. The highest BCUT2D eigenvalue weighted by molar-refractivity contribution is 7.99. The summed E-state index contributed by atoms with van der Waals surface area (Å²) >= 11 is 1.40. The zero-order chi connectivity index (χ0) is 12.3. The fourth-order valence-electron chi connectivity index (χ4n) is 1.55. The lowest BCUT2D eigenvalue weighted by molar-refractivity contribution is -0.309. The van der Waals surface area contributed by atoms with E-state index in [1.165, 1.54) is 16.7 Å². The lowest BCUT2D eigenvalue weighted by Gasteiger charge is -2.24. The molecule has 1 atom stereocenters. The Morgan fingerprint density at radius 3 is 2.71 bits per heavy atom. The van der Waals surface area contributed by atoms with Crippen molar-refractivity contribution in [2.45, 2.75) is 6.04 Å². The maximum atomic E-state index is 11.8. The van der Waals surface area contributed by atoms with Crippen molar-refractivity contribution in [3.8, 4) is 0 Å². The summed E-state index contributed by atoms with van der Waals surface area (Å²) in [5.41, 5.74) is 0.645. The number of aliphatic carboxylic acids is 1. The van der Waals surface area contributed by atoms with Gasteiger partial charge in [-0.15, -0.1) is 11.8 Å². The van der Waals surface area contributed by atoms with Crippen LogP contribution in [-0.4, -0.2) is 34.6 Å². The average Bonchev–Trinajstić information content (AvgIpc) is 2.79. The van der Waals surface area contributed by atoms with Gasteiger partial charge in [0.05, 0.1) is 17.9 Å². The SMILES string of the molecule is O=C([O-])[C@H]1CSCN1C(=O)Nc1ccccc1. The summed E-state index contributed by atoms with van der Waals surface area (Å²) in [5.74, 6) is -0.458. The van der Waals surface area contributed by atoms with Crippen LogP contribution in [0.3, 0.4) is 0 Å². The van der Waals surface area contributed by atoms with E-state index >= 15 is 0 Å². The van der Waals surface area contributed by atoms with E-state index < -0.39 is 18.0 Å². The molecule has 0 spiro atoms. The van der Waals surface area contributed by atoms with E-state index in [0.29, 0.717) is 17.3 Å². The van der Waals surface area contributed by atoms with Gasteiger partial charge in [0.25, 0.3) is 0 Å². The first-order valence-corrected chi connectivity index (χ1v) is 6.25. The number of carbonyl (C=O) groups is 2. The van der Waals surface area contributed by atoms with Crippen LogP contribution >= 0.6 is 11.8 Å². The monoisotopic (exact) mass is 251 g/mol. The first-order valence-electron chi connectivity index (χ1n) is 5.10. The summed E-state index contributed by atoms with van der Waals surface area (Å²) in [7, 11) is 0. The molecule has 0 aromatic heterocycles. The van der Waals surface area contributed by atoms with Crippen molar-refractivity contribution < 1.29 is 14.7 Å². The molecule has 0 saturated carbocycles. The molecule has 5 nitrogen and oxygen atoms in total.